The topological polar surface area (TPSA) is 55.8 Å². The monoisotopic (exact) mass is 369 g/mol. The summed E-state index contributed by atoms with van der Waals surface area (Å²) in [5.74, 6) is -1.03. The Morgan fingerprint density at radius 3 is 2.70 bits per heavy atom. The van der Waals surface area contributed by atoms with Gasteiger partial charge in [-0.25, -0.2) is 9.18 Å². The Kier molecular flexibility index (Phi) is 4.44. The molecule has 2 atom stereocenters. The number of morpholine rings is 1. The molecular weight excluding hydrogens is 349 g/mol. The van der Waals surface area contributed by atoms with Crippen molar-refractivity contribution >= 4 is 11.9 Å². The summed E-state index contributed by atoms with van der Waals surface area (Å²) < 4.78 is 24.5. The molecule has 0 saturated carbocycles. The summed E-state index contributed by atoms with van der Waals surface area (Å²) >= 11 is 0. The van der Waals surface area contributed by atoms with Gasteiger partial charge in [0.1, 0.15) is 11.9 Å². The molecule has 1 fully saturated rings. The van der Waals surface area contributed by atoms with Gasteiger partial charge in [0.2, 0.25) is 0 Å². The predicted octanol–water partition coefficient (Wildman–Crippen LogP) is 2.90. The smallest absolute Gasteiger partial charge is 0.339 e. The first-order valence-electron chi connectivity index (χ1n) is 8.94. The fourth-order valence-electron chi connectivity index (χ4n) is 3.70. The van der Waals surface area contributed by atoms with Crippen molar-refractivity contribution in [3.63, 3.8) is 0 Å². The van der Waals surface area contributed by atoms with Crippen molar-refractivity contribution in [1.82, 2.24) is 4.90 Å². The number of hydrogen-bond acceptors (Lipinski definition) is 4. The van der Waals surface area contributed by atoms with Gasteiger partial charge in [0, 0.05) is 13.0 Å². The number of carbonyl (C=O) groups is 2. The first-order chi connectivity index (χ1) is 13.0. The van der Waals surface area contributed by atoms with Gasteiger partial charge in [-0.15, -0.1) is 0 Å². The summed E-state index contributed by atoms with van der Waals surface area (Å²) in [7, 11) is 0. The average Bonchev–Trinajstić information content (AvgIpc) is 2.68. The Bertz CT molecular complexity index is 882. The number of amides is 1. The molecule has 2 aliphatic rings. The van der Waals surface area contributed by atoms with E-state index in [1.165, 1.54) is 12.1 Å². The molecule has 6 heteroatoms. The van der Waals surface area contributed by atoms with Crippen LogP contribution in [0, 0.1) is 5.82 Å². The van der Waals surface area contributed by atoms with Gasteiger partial charge in [0.05, 0.1) is 18.7 Å². The van der Waals surface area contributed by atoms with Crippen LogP contribution >= 0.6 is 0 Å². The van der Waals surface area contributed by atoms with Gasteiger partial charge >= 0.3 is 5.97 Å². The number of cyclic esters (lactones) is 1. The van der Waals surface area contributed by atoms with Crippen LogP contribution in [0.5, 0.6) is 0 Å². The minimum absolute atomic E-state index is 0.235. The van der Waals surface area contributed by atoms with Crippen LogP contribution < -0.4 is 0 Å². The Balaban J connectivity index is 1.53. The number of ether oxygens (including phenoxy) is 2. The van der Waals surface area contributed by atoms with E-state index >= 15 is 0 Å². The van der Waals surface area contributed by atoms with Crippen LogP contribution in [0.25, 0.3) is 0 Å². The van der Waals surface area contributed by atoms with Crippen molar-refractivity contribution < 1.29 is 23.5 Å². The van der Waals surface area contributed by atoms with Gasteiger partial charge in [-0.05, 0) is 36.2 Å². The van der Waals surface area contributed by atoms with Crippen LogP contribution in [0.3, 0.4) is 0 Å². The van der Waals surface area contributed by atoms with Gasteiger partial charge in [0.15, 0.2) is 5.60 Å². The lowest BCUT2D eigenvalue weighted by Gasteiger charge is -2.40. The minimum atomic E-state index is -1.24. The van der Waals surface area contributed by atoms with Crippen molar-refractivity contribution in [2.24, 2.45) is 0 Å². The molecule has 2 unspecified atom stereocenters. The molecule has 0 bridgehead atoms. The zero-order chi connectivity index (χ0) is 19.0. The van der Waals surface area contributed by atoms with Crippen LogP contribution in [0.4, 0.5) is 4.39 Å². The predicted molar refractivity (Wildman–Crippen MR) is 95.6 cm³/mol. The molecule has 2 aromatic rings. The fourth-order valence-corrected chi connectivity index (χ4v) is 3.70. The van der Waals surface area contributed by atoms with E-state index in [9.17, 15) is 14.0 Å². The first-order valence-corrected chi connectivity index (χ1v) is 8.94. The van der Waals surface area contributed by atoms with E-state index in [1.54, 1.807) is 36.1 Å². The van der Waals surface area contributed by atoms with Crippen LogP contribution in [0.15, 0.2) is 48.5 Å². The molecule has 1 saturated heterocycles. The average molecular weight is 369 g/mol. The largest absolute Gasteiger partial charge is 0.445 e. The van der Waals surface area contributed by atoms with Crippen molar-refractivity contribution in [2.45, 2.75) is 25.0 Å². The van der Waals surface area contributed by atoms with Crippen LogP contribution in [0.2, 0.25) is 0 Å². The Morgan fingerprint density at radius 1 is 1.19 bits per heavy atom. The molecule has 0 radical (unpaired) electrons. The highest BCUT2D eigenvalue weighted by atomic mass is 19.1. The zero-order valence-corrected chi connectivity index (χ0v) is 15.0. The summed E-state index contributed by atoms with van der Waals surface area (Å²) in [4.78, 5) is 27.2. The molecule has 2 heterocycles. The number of hydrogen-bond donors (Lipinski definition) is 0. The Hall–Kier alpha value is -2.73. The lowest BCUT2D eigenvalue weighted by molar-refractivity contribution is -0.158. The molecule has 0 spiro atoms. The molecule has 0 aromatic heterocycles. The summed E-state index contributed by atoms with van der Waals surface area (Å²) in [6.07, 6.45) is 0.00486. The van der Waals surface area contributed by atoms with Crippen LogP contribution in [-0.4, -0.2) is 42.1 Å². The second-order valence-electron chi connectivity index (χ2n) is 7.12. The van der Waals surface area contributed by atoms with E-state index < -0.39 is 11.6 Å². The van der Waals surface area contributed by atoms with Gasteiger partial charge in [0.25, 0.3) is 5.91 Å². The molecule has 0 aliphatic carbocycles. The quantitative estimate of drug-likeness (QED) is 0.764. The molecule has 4 rings (SSSR count). The van der Waals surface area contributed by atoms with Crippen LogP contribution in [0.1, 0.15) is 34.5 Å². The van der Waals surface area contributed by atoms with Gasteiger partial charge in [-0.2, -0.15) is 0 Å². The van der Waals surface area contributed by atoms with E-state index in [1.807, 2.05) is 12.1 Å². The highest BCUT2D eigenvalue weighted by Crippen LogP contribution is 2.31. The van der Waals surface area contributed by atoms with Crippen molar-refractivity contribution in [1.29, 1.82) is 0 Å². The first kappa shape index (κ1) is 17.7. The van der Waals surface area contributed by atoms with Gasteiger partial charge in [-0.1, -0.05) is 30.3 Å². The number of benzene rings is 2. The molecular formula is C21H20FNO4. The third-order valence-corrected chi connectivity index (χ3v) is 5.13. The second kappa shape index (κ2) is 6.78. The summed E-state index contributed by atoms with van der Waals surface area (Å²) in [6.45, 7) is 2.78. The SMILES string of the molecule is CC1(C(=O)N2CCOC(c3ccc(F)cc3)C2)Cc2ccccc2C(=O)O1. The van der Waals surface area contributed by atoms with Crippen LogP contribution in [-0.2, 0) is 20.7 Å². The zero-order valence-electron chi connectivity index (χ0n) is 15.0. The van der Waals surface area contributed by atoms with E-state index in [4.69, 9.17) is 9.47 Å². The maximum atomic E-state index is 13.2. The van der Waals surface area contributed by atoms with E-state index in [-0.39, 0.29) is 17.8 Å². The highest BCUT2D eigenvalue weighted by Gasteiger charge is 2.45. The van der Waals surface area contributed by atoms with E-state index in [2.05, 4.69) is 0 Å². The molecule has 1 amide bonds. The molecule has 0 N–H and O–H groups in total. The minimum Gasteiger partial charge on any atom is -0.445 e. The lowest BCUT2D eigenvalue weighted by atomic mass is 9.88. The fraction of sp³-hybridized carbons (Fsp3) is 0.333. The maximum absolute atomic E-state index is 13.2. The third kappa shape index (κ3) is 3.32. The number of nitrogens with zero attached hydrogens (tertiary/aromatic N) is 1. The number of rotatable bonds is 2. The van der Waals surface area contributed by atoms with E-state index in [0.717, 1.165) is 11.1 Å². The molecule has 5 nitrogen and oxygen atoms in total. The maximum Gasteiger partial charge on any atom is 0.339 e. The molecule has 2 aliphatic heterocycles. The molecule has 27 heavy (non-hydrogen) atoms. The summed E-state index contributed by atoms with van der Waals surface area (Å²) in [6, 6.07) is 13.3. The number of esters is 1. The van der Waals surface area contributed by atoms with Crippen molar-refractivity contribution in [2.75, 3.05) is 19.7 Å². The molecule has 2 aromatic carbocycles. The normalized spacial score (nSPS) is 24.9. The van der Waals surface area contributed by atoms with E-state index in [0.29, 0.717) is 31.7 Å². The number of fused-ring (bicyclic) bond motifs is 1. The highest BCUT2D eigenvalue weighted by molar-refractivity contribution is 5.97. The lowest BCUT2D eigenvalue weighted by Crippen LogP contribution is -2.56. The van der Waals surface area contributed by atoms with Crippen molar-refractivity contribution in [3.8, 4) is 0 Å². The van der Waals surface area contributed by atoms with Gasteiger partial charge < -0.3 is 14.4 Å². The number of halogens is 1. The van der Waals surface area contributed by atoms with Gasteiger partial charge in [-0.3, -0.25) is 4.79 Å². The third-order valence-electron chi connectivity index (χ3n) is 5.13. The standard InChI is InChI=1S/C21H20FNO4/c1-21(12-15-4-2-3-5-17(15)19(24)27-21)20(25)23-10-11-26-18(13-23)14-6-8-16(22)9-7-14/h2-9,18H,10-13H2,1H3. The summed E-state index contributed by atoms with van der Waals surface area (Å²) in [5, 5.41) is 0. The summed E-state index contributed by atoms with van der Waals surface area (Å²) in [5.41, 5.74) is 0.891. The Labute approximate surface area is 156 Å². The van der Waals surface area contributed by atoms with Crippen molar-refractivity contribution in [3.05, 3.63) is 71.0 Å². The second-order valence-corrected chi connectivity index (χ2v) is 7.12. The molecule has 140 valence electrons. The number of carbonyl (C=O) groups excluding carboxylic acids is 2. The Morgan fingerprint density at radius 2 is 1.93 bits per heavy atom.